The van der Waals surface area contributed by atoms with Crippen molar-refractivity contribution in [3.05, 3.63) is 107 Å². The Morgan fingerprint density at radius 2 is 1.47 bits per heavy atom. The van der Waals surface area contributed by atoms with E-state index in [4.69, 9.17) is 4.74 Å². The van der Waals surface area contributed by atoms with Crippen LogP contribution < -0.4 is 5.32 Å². The van der Waals surface area contributed by atoms with Gasteiger partial charge < -0.3 is 4.74 Å². The number of aryl methyl sites for hydroxylation is 2. The summed E-state index contributed by atoms with van der Waals surface area (Å²) in [5, 5.41) is 3.65. The van der Waals surface area contributed by atoms with E-state index in [9.17, 15) is 4.79 Å². The standard InChI is InChI=1S/C29H33NO2/c1-29(2,3)32-28(31)26(20-21-17-18-22-15-10-16-25(22)19-21)30-27(23-11-6-4-7-12-23)24-13-8-5-9-14-24/h4-9,11-14,17-19,26-27,30H,10,15-16,20H2,1-3H3/t26-/m0/s1. The highest BCUT2D eigenvalue weighted by atomic mass is 16.6. The van der Waals surface area contributed by atoms with E-state index in [1.165, 1.54) is 23.1 Å². The van der Waals surface area contributed by atoms with Crippen LogP contribution in [0.5, 0.6) is 0 Å². The summed E-state index contributed by atoms with van der Waals surface area (Å²) in [4.78, 5) is 13.3. The summed E-state index contributed by atoms with van der Waals surface area (Å²) in [6, 6.07) is 26.7. The summed E-state index contributed by atoms with van der Waals surface area (Å²) in [5.41, 5.74) is 5.76. The molecule has 0 aromatic heterocycles. The Kier molecular flexibility index (Phi) is 6.76. The smallest absolute Gasteiger partial charge is 0.324 e. The number of nitrogens with one attached hydrogen (secondary N) is 1. The first-order valence-corrected chi connectivity index (χ1v) is 11.6. The Morgan fingerprint density at radius 3 is 2.06 bits per heavy atom. The molecular formula is C29H33NO2. The van der Waals surface area contributed by atoms with Crippen molar-refractivity contribution < 1.29 is 9.53 Å². The third-order valence-electron chi connectivity index (χ3n) is 5.93. The molecule has 0 aliphatic heterocycles. The lowest BCUT2D eigenvalue weighted by Crippen LogP contribution is -2.44. The summed E-state index contributed by atoms with van der Waals surface area (Å²) >= 11 is 0. The zero-order valence-corrected chi connectivity index (χ0v) is 19.3. The second-order valence-corrected chi connectivity index (χ2v) is 9.67. The van der Waals surface area contributed by atoms with Crippen molar-refractivity contribution in [2.75, 3.05) is 0 Å². The fourth-order valence-electron chi connectivity index (χ4n) is 4.45. The van der Waals surface area contributed by atoms with E-state index in [1.54, 1.807) is 0 Å². The molecule has 1 aliphatic rings. The Balaban J connectivity index is 1.65. The minimum atomic E-state index is -0.538. The third-order valence-corrected chi connectivity index (χ3v) is 5.93. The molecule has 0 fully saturated rings. The number of fused-ring (bicyclic) bond motifs is 1. The van der Waals surface area contributed by atoms with Crippen LogP contribution in [-0.2, 0) is 28.8 Å². The Labute approximate surface area is 191 Å². The highest BCUT2D eigenvalue weighted by Gasteiger charge is 2.29. The molecule has 0 unspecified atom stereocenters. The second kappa shape index (κ2) is 9.70. The van der Waals surface area contributed by atoms with Crippen molar-refractivity contribution >= 4 is 5.97 Å². The Morgan fingerprint density at radius 1 is 0.875 bits per heavy atom. The second-order valence-electron chi connectivity index (χ2n) is 9.67. The fraction of sp³-hybridized carbons (Fsp3) is 0.345. The molecule has 3 aromatic carbocycles. The number of benzene rings is 3. The largest absolute Gasteiger partial charge is 0.459 e. The SMILES string of the molecule is CC(C)(C)OC(=O)[C@H](Cc1ccc2c(c1)CCC2)NC(c1ccccc1)c1ccccc1. The highest BCUT2D eigenvalue weighted by molar-refractivity contribution is 5.77. The summed E-state index contributed by atoms with van der Waals surface area (Å²) < 4.78 is 5.84. The molecule has 166 valence electrons. The predicted octanol–water partition coefficient (Wildman–Crippen LogP) is 5.81. The normalized spacial score (nSPS) is 14.2. The summed E-state index contributed by atoms with van der Waals surface area (Å²) in [6.07, 6.45) is 4.10. The number of hydrogen-bond acceptors (Lipinski definition) is 3. The molecule has 1 atom stereocenters. The molecule has 1 N–H and O–H groups in total. The van der Waals surface area contributed by atoms with Gasteiger partial charge in [-0.2, -0.15) is 0 Å². The summed E-state index contributed by atoms with van der Waals surface area (Å²) in [5.74, 6) is -0.213. The maximum atomic E-state index is 13.3. The van der Waals surface area contributed by atoms with Crippen LogP contribution >= 0.6 is 0 Å². The first-order chi connectivity index (χ1) is 15.4. The zero-order valence-electron chi connectivity index (χ0n) is 19.3. The van der Waals surface area contributed by atoms with Crippen molar-refractivity contribution in [2.45, 2.75) is 64.1 Å². The quantitative estimate of drug-likeness (QED) is 0.484. The molecule has 32 heavy (non-hydrogen) atoms. The van der Waals surface area contributed by atoms with Crippen molar-refractivity contribution in [1.82, 2.24) is 5.32 Å². The van der Waals surface area contributed by atoms with Gasteiger partial charge in [-0.25, -0.2) is 0 Å². The third kappa shape index (κ3) is 5.66. The molecule has 3 heteroatoms. The maximum absolute atomic E-state index is 13.3. The number of carbonyl (C=O) groups is 1. The predicted molar refractivity (Wildman–Crippen MR) is 130 cm³/mol. The zero-order chi connectivity index (χ0) is 22.6. The number of hydrogen-bond donors (Lipinski definition) is 1. The minimum absolute atomic E-state index is 0.107. The van der Waals surface area contributed by atoms with Crippen molar-refractivity contribution in [3.63, 3.8) is 0 Å². The average molecular weight is 428 g/mol. The molecule has 0 heterocycles. The fourth-order valence-corrected chi connectivity index (χ4v) is 4.45. The van der Waals surface area contributed by atoms with Gasteiger partial charge in [0, 0.05) is 0 Å². The Bertz CT molecular complexity index is 998. The molecule has 3 aromatic rings. The van der Waals surface area contributed by atoms with Crippen LogP contribution in [0.1, 0.15) is 61.1 Å². The molecule has 0 radical (unpaired) electrons. The number of rotatable bonds is 7. The molecular weight excluding hydrogens is 394 g/mol. The molecule has 0 saturated carbocycles. The van der Waals surface area contributed by atoms with E-state index >= 15 is 0 Å². The molecule has 0 spiro atoms. The summed E-state index contributed by atoms with van der Waals surface area (Å²) in [7, 11) is 0. The molecule has 3 nitrogen and oxygen atoms in total. The van der Waals surface area contributed by atoms with Gasteiger partial charge in [-0.15, -0.1) is 0 Å². The van der Waals surface area contributed by atoms with E-state index < -0.39 is 11.6 Å². The van der Waals surface area contributed by atoms with E-state index in [0.717, 1.165) is 24.0 Å². The average Bonchev–Trinajstić information content (AvgIpc) is 3.24. The van der Waals surface area contributed by atoms with E-state index in [0.29, 0.717) is 6.42 Å². The molecule has 1 aliphatic carbocycles. The molecule has 0 bridgehead atoms. The van der Waals surface area contributed by atoms with Gasteiger partial charge in [-0.1, -0.05) is 78.9 Å². The lowest BCUT2D eigenvalue weighted by atomic mass is 9.95. The van der Waals surface area contributed by atoms with Crippen LogP contribution in [0.2, 0.25) is 0 Å². The van der Waals surface area contributed by atoms with Gasteiger partial charge in [0.25, 0.3) is 0 Å². The van der Waals surface area contributed by atoms with Gasteiger partial charge in [-0.3, -0.25) is 10.1 Å². The molecule has 4 rings (SSSR count). The van der Waals surface area contributed by atoms with Crippen LogP contribution in [0, 0.1) is 0 Å². The Hall–Kier alpha value is -2.91. The van der Waals surface area contributed by atoms with Crippen LogP contribution in [0.3, 0.4) is 0 Å². The number of esters is 1. The van der Waals surface area contributed by atoms with E-state index in [-0.39, 0.29) is 12.0 Å². The number of carbonyl (C=O) groups excluding carboxylic acids is 1. The van der Waals surface area contributed by atoms with Crippen LogP contribution in [-0.4, -0.2) is 17.6 Å². The van der Waals surface area contributed by atoms with Gasteiger partial charge in [0.05, 0.1) is 6.04 Å². The summed E-state index contributed by atoms with van der Waals surface area (Å²) in [6.45, 7) is 5.76. The molecule has 0 saturated heterocycles. The maximum Gasteiger partial charge on any atom is 0.324 e. The van der Waals surface area contributed by atoms with E-state index in [1.807, 2.05) is 57.2 Å². The van der Waals surface area contributed by atoms with Gasteiger partial charge in [0.1, 0.15) is 11.6 Å². The lowest BCUT2D eigenvalue weighted by Gasteiger charge is -2.29. The first kappa shape index (κ1) is 22.3. The topological polar surface area (TPSA) is 38.3 Å². The van der Waals surface area contributed by atoms with Crippen LogP contribution in [0.15, 0.2) is 78.9 Å². The lowest BCUT2D eigenvalue weighted by molar-refractivity contribution is -0.157. The van der Waals surface area contributed by atoms with Crippen LogP contribution in [0.25, 0.3) is 0 Å². The van der Waals surface area contributed by atoms with E-state index in [2.05, 4.69) is 47.8 Å². The van der Waals surface area contributed by atoms with Gasteiger partial charge in [-0.05, 0) is 74.3 Å². The monoisotopic (exact) mass is 427 g/mol. The van der Waals surface area contributed by atoms with Gasteiger partial charge in [0.15, 0.2) is 0 Å². The van der Waals surface area contributed by atoms with Gasteiger partial charge in [0.2, 0.25) is 0 Å². The molecule has 0 amide bonds. The van der Waals surface area contributed by atoms with Crippen LogP contribution in [0.4, 0.5) is 0 Å². The first-order valence-electron chi connectivity index (χ1n) is 11.6. The highest BCUT2D eigenvalue weighted by Crippen LogP contribution is 2.26. The minimum Gasteiger partial charge on any atom is -0.459 e. The number of ether oxygens (including phenoxy) is 1. The van der Waals surface area contributed by atoms with Crippen molar-refractivity contribution in [3.8, 4) is 0 Å². The van der Waals surface area contributed by atoms with Crippen molar-refractivity contribution in [1.29, 1.82) is 0 Å². The van der Waals surface area contributed by atoms with Crippen molar-refractivity contribution in [2.24, 2.45) is 0 Å². The van der Waals surface area contributed by atoms with Gasteiger partial charge >= 0.3 is 5.97 Å².